The predicted octanol–water partition coefficient (Wildman–Crippen LogP) is 4.76. The summed E-state index contributed by atoms with van der Waals surface area (Å²) in [5.74, 6) is 1.08. The molecule has 3 aliphatic rings. The molecule has 0 radical (unpaired) electrons. The van der Waals surface area contributed by atoms with Crippen molar-refractivity contribution in [1.82, 2.24) is 24.5 Å². The quantitative estimate of drug-likeness (QED) is 0.643. The van der Waals surface area contributed by atoms with Crippen LogP contribution in [-0.2, 0) is 13.1 Å². The lowest BCUT2D eigenvalue weighted by atomic mass is 9.60. The molecule has 0 amide bonds. The Bertz CT molecular complexity index is 966. The van der Waals surface area contributed by atoms with E-state index in [1.165, 1.54) is 43.0 Å². The Morgan fingerprint density at radius 3 is 2.70 bits per heavy atom. The third-order valence-electron chi connectivity index (χ3n) is 7.02. The van der Waals surface area contributed by atoms with E-state index in [-0.39, 0.29) is 0 Å². The predicted molar refractivity (Wildman–Crippen MR) is 123 cm³/mol. The monoisotopic (exact) mass is 472 g/mol. The Morgan fingerprint density at radius 1 is 1.27 bits per heavy atom. The molecule has 5 rings (SSSR count). The van der Waals surface area contributed by atoms with Crippen LogP contribution in [0.25, 0.3) is 0 Å². The van der Waals surface area contributed by atoms with Crippen molar-refractivity contribution in [2.75, 3.05) is 24.5 Å². The van der Waals surface area contributed by atoms with Crippen LogP contribution in [0.15, 0.2) is 29.0 Å². The molecule has 0 N–H and O–H groups in total. The van der Waals surface area contributed by atoms with Gasteiger partial charge in [0, 0.05) is 36.9 Å². The normalized spacial score (nSPS) is 20.8. The smallest absolute Gasteiger partial charge is 0.165 e. The van der Waals surface area contributed by atoms with Crippen molar-refractivity contribution in [2.45, 2.75) is 66.1 Å². The van der Waals surface area contributed by atoms with Crippen LogP contribution in [0.4, 0.5) is 5.82 Å². The number of anilines is 1. The lowest BCUT2D eigenvalue weighted by Crippen LogP contribution is -2.61. The van der Waals surface area contributed by atoms with E-state index in [1.807, 2.05) is 6.20 Å². The minimum atomic E-state index is 0.309. The van der Waals surface area contributed by atoms with Gasteiger partial charge in [0.2, 0.25) is 0 Å². The molecule has 2 aliphatic heterocycles. The Hall–Kier alpha value is -1.76. The molecule has 2 fully saturated rings. The van der Waals surface area contributed by atoms with Crippen molar-refractivity contribution in [3.63, 3.8) is 0 Å². The van der Waals surface area contributed by atoms with Crippen molar-refractivity contribution >= 4 is 21.7 Å². The summed E-state index contributed by atoms with van der Waals surface area (Å²) >= 11 is 3.84. The van der Waals surface area contributed by atoms with Crippen molar-refractivity contribution in [2.24, 2.45) is 10.8 Å². The molecule has 7 heteroatoms. The average Bonchev–Trinajstić information content (AvgIpc) is 3.16. The van der Waals surface area contributed by atoms with Crippen LogP contribution < -0.4 is 4.90 Å². The van der Waals surface area contributed by atoms with Gasteiger partial charge in [0.1, 0.15) is 0 Å². The number of rotatable bonds is 4. The molecule has 0 atom stereocenters. The number of aromatic nitrogens is 4. The summed E-state index contributed by atoms with van der Waals surface area (Å²) in [6.07, 6.45) is 5.43. The highest BCUT2D eigenvalue weighted by Gasteiger charge is 2.54. The van der Waals surface area contributed by atoms with Crippen molar-refractivity contribution in [1.29, 1.82) is 0 Å². The van der Waals surface area contributed by atoms with Gasteiger partial charge in [-0.15, -0.1) is 0 Å². The van der Waals surface area contributed by atoms with Crippen LogP contribution in [-0.4, -0.2) is 44.1 Å². The molecule has 1 spiro atoms. The van der Waals surface area contributed by atoms with Crippen LogP contribution in [0, 0.1) is 17.8 Å². The number of nitrogens with zero attached hydrogens (tertiary/aromatic N) is 6. The average molecular weight is 473 g/mol. The molecule has 162 valence electrons. The molecule has 1 saturated carbocycles. The zero-order valence-corrected chi connectivity index (χ0v) is 20.2. The summed E-state index contributed by atoms with van der Waals surface area (Å²) in [5, 5.41) is 9.47. The first-order chi connectivity index (χ1) is 14.1. The molecule has 0 unspecified atom stereocenters. The summed E-state index contributed by atoms with van der Waals surface area (Å²) in [5.41, 5.74) is 4.60. The van der Waals surface area contributed by atoms with Gasteiger partial charge in [-0.1, -0.05) is 27.4 Å². The highest BCUT2D eigenvalue weighted by Crippen LogP contribution is 2.56. The molecule has 0 aromatic carbocycles. The minimum absolute atomic E-state index is 0.309. The number of halogens is 1. The number of likely N-dealkylation sites (tertiary alicyclic amines) is 1. The van der Waals surface area contributed by atoms with E-state index in [2.05, 4.69) is 80.5 Å². The van der Waals surface area contributed by atoms with E-state index in [0.717, 1.165) is 36.3 Å². The summed E-state index contributed by atoms with van der Waals surface area (Å²) < 4.78 is 5.52. The lowest BCUT2D eigenvalue weighted by Gasteiger charge is -2.60. The van der Waals surface area contributed by atoms with Crippen LogP contribution in [0.2, 0.25) is 0 Å². The van der Waals surface area contributed by atoms with Gasteiger partial charge in [0.05, 0.1) is 35.0 Å². The van der Waals surface area contributed by atoms with E-state index in [4.69, 9.17) is 5.10 Å². The number of fused-ring (bicyclic) bond motifs is 1. The van der Waals surface area contributed by atoms with Crippen LogP contribution >= 0.6 is 15.9 Å². The summed E-state index contributed by atoms with van der Waals surface area (Å²) in [6, 6.07) is 2.62. The molecule has 1 aliphatic carbocycles. The maximum Gasteiger partial charge on any atom is 0.165 e. The SMILES string of the molecule is C=C(CC(C)(C)C)N1CC2(CC(n3nc(N4CCn5nccc5C4)c(Br)c3C)C2)C1. The topological polar surface area (TPSA) is 42.1 Å². The van der Waals surface area contributed by atoms with E-state index in [1.54, 1.807) is 0 Å². The lowest BCUT2D eigenvalue weighted by molar-refractivity contribution is -0.0774. The Labute approximate surface area is 188 Å². The fourth-order valence-corrected chi connectivity index (χ4v) is 6.00. The maximum atomic E-state index is 5.07. The van der Waals surface area contributed by atoms with Gasteiger partial charge < -0.3 is 9.80 Å². The Morgan fingerprint density at radius 2 is 2.00 bits per heavy atom. The molecule has 30 heavy (non-hydrogen) atoms. The molecular formula is C23H33BrN6. The summed E-state index contributed by atoms with van der Waals surface area (Å²) in [7, 11) is 0. The van der Waals surface area contributed by atoms with Gasteiger partial charge in [-0.3, -0.25) is 9.36 Å². The highest BCUT2D eigenvalue weighted by atomic mass is 79.9. The second-order valence-electron chi connectivity index (χ2n) is 10.9. The molecule has 1 saturated heterocycles. The molecule has 6 nitrogen and oxygen atoms in total. The number of allylic oxidation sites excluding steroid dienone is 1. The van der Waals surface area contributed by atoms with Crippen molar-refractivity contribution in [3.8, 4) is 0 Å². The fraction of sp³-hybridized carbons (Fsp3) is 0.652. The van der Waals surface area contributed by atoms with Gasteiger partial charge in [-0.05, 0) is 53.6 Å². The second kappa shape index (κ2) is 6.87. The first-order valence-corrected chi connectivity index (χ1v) is 11.9. The van der Waals surface area contributed by atoms with Gasteiger partial charge in [-0.2, -0.15) is 10.2 Å². The van der Waals surface area contributed by atoms with Crippen LogP contribution in [0.1, 0.15) is 57.5 Å². The number of hydrogen-bond acceptors (Lipinski definition) is 4. The molecule has 2 aromatic heterocycles. The molecule has 0 bridgehead atoms. The van der Waals surface area contributed by atoms with E-state index in [0.29, 0.717) is 16.9 Å². The van der Waals surface area contributed by atoms with Crippen molar-refractivity contribution < 1.29 is 0 Å². The Balaban J connectivity index is 1.23. The zero-order chi connectivity index (χ0) is 21.3. The molecule has 2 aromatic rings. The van der Waals surface area contributed by atoms with E-state index >= 15 is 0 Å². The van der Waals surface area contributed by atoms with Gasteiger partial charge in [0.15, 0.2) is 5.82 Å². The van der Waals surface area contributed by atoms with Gasteiger partial charge in [0.25, 0.3) is 0 Å². The maximum absolute atomic E-state index is 5.07. The number of hydrogen-bond donors (Lipinski definition) is 0. The first-order valence-electron chi connectivity index (χ1n) is 11.1. The Kier molecular flexibility index (Phi) is 4.62. The largest absolute Gasteiger partial charge is 0.374 e. The fourth-order valence-electron chi connectivity index (χ4n) is 5.49. The standard InChI is InChI=1S/C23H33BrN6/c1-16(10-22(3,4)5)28-14-23(15-28)11-19(12-23)30-17(2)20(24)21(26-30)27-8-9-29-18(13-27)6-7-25-29/h6-7,19H,1,8-15H2,2-5H3. The van der Waals surface area contributed by atoms with Crippen LogP contribution in [0.5, 0.6) is 0 Å². The van der Waals surface area contributed by atoms with Gasteiger partial charge in [-0.25, -0.2) is 0 Å². The van der Waals surface area contributed by atoms with Gasteiger partial charge >= 0.3 is 0 Å². The summed E-state index contributed by atoms with van der Waals surface area (Å²) in [4.78, 5) is 4.87. The summed E-state index contributed by atoms with van der Waals surface area (Å²) in [6.45, 7) is 18.5. The third kappa shape index (κ3) is 3.39. The van der Waals surface area contributed by atoms with Crippen molar-refractivity contribution in [3.05, 3.63) is 40.4 Å². The van der Waals surface area contributed by atoms with E-state index in [9.17, 15) is 0 Å². The molecular weight excluding hydrogens is 440 g/mol. The molecule has 4 heterocycles. The first kappa shape index (κ1) is 20.2. The highest BCUT2D eigenvalue weighted by molar-refractivity contribution is 9.10. The van der Waals surface area contributed by atoms with Crippen LogP contribution in [0.3, 0.4) is 0 Å². The minimum Gasteiger partial charge on any atom is -0.374 e. The third-order valence-corrected chi connectivity index (χ3v) is 7.94. The zero-order valence-electron chi connectivity index (χ0n) is 18.7. The second-order valence-corrected chi connectivity index (χ2v) is 11.6. The van der Waals surface area contributed by atoms with E-state index < -0.39 is 0 Å².